The van der Waals surface area contributed by atoms with Gasteiger partial charge in [-0.25, -0.2) is 0 Å². The number of hydrogen-bond donors (Lipinski definition) is 0. The van der Waals surface area contributed by atoms with Crippen molar-refractivity contribution in [3.8, 4) is 5.75 Å². The second-order valence-corrected chi connectivity index (χ2v) is 5.38. The average molecular weight is 283 g/mol. The molecule has 1 unspecified atom stereocenters. The summed E-state index contributed by atoms with van der Waals surface area (Å²) in [7, 11) is 1.44. The van der Waals surface area contributed by atoms with Crippen molar-refractivity contribution < 1.29 is 14.3 Å². The van der Waals surface area contributed by atoms with Crippen molar-refractivity contribution in [1.29, 1.82) is 0 Å². The highest BCUT2D eigenvalue weighted by molar-refractivity contribution is 6.30. The Morgan fingerprint density at radius 3 is 2.53 bits per heavy atom. The van der Waals surface area contributed by atoms with E-state index in [1.165, 1.54) is 20.0 Å². The first kappa shape index (κ1) is 14.2. The summed E-state index contributed by atoms with van der Waals surface area (Å²) in [4.78, 5) is 11.9. The van der Waals surface area contributed by atoms with Crippen LogP contribution in [0.15, 0.2) is 24.3 Å². The van der Waals surface area contributed by atoms with E-state index in [0.717, 1.165) is 18.6 Å². The molecule has 19 heavy (non-hydrogen) atoms. The summed E-state index contributed by atoms with van der Waals surface area (Å²) in [5, 5.41) is 0.674. The smallest absolute Gasteiger partial charge is 0.312 e. The van der Waals surface area contributed by atoms with Gasteiger partial charge in [0.05, 0.1) is 13.0 Å². The van der Waals surface area contributed by atoms with Crippen molar-refractivity contribution in [2.75, 3.05) is 13.7 Å². The molecule has 0 spiro atoms. The third kappa shape index (κ3) is 3.87. The molecule has 0 bridgehead atoms. The normalized spacial score (nSPS) is 17.2. The minimum atomic E-state index is -0.166. The Kier molecular flexibility index (Phi) is 5.08. The summed E-state index contributed by atoms with van der Waals surface area (Å²) in [6.45, 7) is 0.374. The van der Waals surface area contributed by atoms with Crippen molar-refractivity contribution in [2.24, 2.45) is 11.8 Å². The zero-order valence-electron chi connectivity index (χ0n) is 11.1. The van der Waals surface area contributed by atoms with E-state index in [-0.39, 0.29) is 11.9 Å². The highest BCUT2D eigenvalue weighted by atomic mass is 35.5. The van der Waals surface area contributed by atoms with Crippen LogP contribution in [-0.4, -0.2) is 19.7 Å². The van der Waals surface area contributed by atoms with Crippen molar-refractivity contribution in [3.63, 3.8) is 0 Å². The van der Waals surface area contributed by atoms with Crippen LogP contribution in [0.25, 0.3) is 0 Å². The van der Waals surface area contributed by atoms with Gasteiger partial charge in [-0.3, -0.25) is 4.79 Å². The lowest BCUT2D eigenvalue weighted by atomic mass is 9.91. The van der Waals surface area contributed by atoms with E-state index in [1.54, 1.807) is 12.1 Å². The van der Waals surface area contributed by atoms with Crippen molar-refractivity contribution in [2.45, 2.75) is 25.7 Å². The standard InChI is InChI=1S/C15H19ClO3/c1-18-15(17)14(11-4-2-3-5-11)10-19-13-8-6-12(16)7-9-13/h6-9,11,14H,2-5,10H2,1H3. The van der Waals surface area contributed by atoms with Gasteiger partial charge in [0.15, 0.2) is 0 Å². The minimum Gasteiger partial charge on any atom is -0.493 e. The first-order valence-electron chi connectivity index (χ1n) is 6.67. The maximum absolute atomic E-state index is 11.9. The van der Waals surface area contributed by atoms with Gasteiger partial charge < -0.3 is 9.47 Å². The van der Waals surface area contributed by atoms with E-state index < -0.39 is 0 Å². The molecule has 1 aliphatic rings. The predicted molar refractivity (Wildman–Crippen MR) is 74.4 cm³/mol. The Labute approximate surface area is 118 Å². The van der Waals surface area contributed by atoms with E-state index in [1.807, 2.05) is 12.1 Å². The fourth-order valence-corrected chi connectivity index (χ4v) is 2.75. The molecule has 1 aromatic carbocycles. The van der Waals surface area contributed by atoms with E-state index >= 15 is 0 Å². The quantitative estimate of drug-likeness (QED) is 0.773. The van der Waals surface area contributed by atoms with Crippen LogP contribution in [0.3, 0.4) is 0 Å². The lowest BCUT2D eigenvalue weighted by Crippen LogP contribution is -2.29. The van der Waals surface area contributed by atoms with E-state index in [2.05, 4.69) is 0 Å². The molecule has 0 radical (unpaired) electrons. The molecule has 3 nitrogen and oxygen atoms in total. The number of hydrogen-bond acceptors (Lipinski definition) is 3. The highest BCUT2D eigenvalue weighted by Gasteiger charge is 2.32. The van der Waals surface area contributed by atoms with Crippen LogP contribution in [0.5, 0.6) is 5.75 Å². The molecule has 4 heteroatoms. The molecule has 0 aromatic heterocycles. The number of carbonyl (C=O) groups is 1. The highest BCUT2D eigenvalue weighted by Crippen LogP contribution is 2.32. The molecule has 2 rings (SSSR count). The zero-order chi connectivity index (χ0) is 13.7. The van der Waals surface area contributed by atoms with Gasteiger partial charge in [-0.2, -0.15) is 0 Å². The summed E-state index contributed by atoms with van der Waals surface area (Å²) in [5.41, 5.74) is 0. The minimum absolute atomic E-state index is 0.164. The Bertz CT molecular complexity index is 410. The summed E-state index contributed by atoms with van der Waals surface area (Å²) in [6.07, 6.45) is 4.56. The van der Waals surface area contributed by atoms with Gasteiger partial charge in [0, 0.05) is 5.02 Å². The first-order valence-corrected chi connectivity index (χ1v) is 7.04. The molecule has 1 aromatic rings. The third-order valence-electron chi connectivity index (χ3n) is 3.72. The fraction of sp³-hybridized carbons (Fsp3) is 0.533. The van der Waals surface area contributed by atoms with Crippen LogP contribution in [-0.2, 0) is 9.53 Å². The van der Waals surface area contributed by atoms with Gasteiger partial charge in [0.2, 0.25) is 0 Å². The topological polar surface area (TPSA) is 35.5 Å². The number of benzene rings is 1. The lowest BCUT2D eigenvalue weighted by molar-refractivity contribution is -0.148. The van der Waals surface area contributed by atoms with Gasteiger partial charge in [-0.05, 0) is 43.0 Å². The molecule has 1 aliphatic carbocycles. The van der Waals surface area contributed by atoms with Crippen molar-refractivity contribution in [1.82, 2.24) is 0 Å². The first-order chi connectivity index (χ1) is 9.20. The average Bonchev–Trinajstić information content (AvgIpc) is 2.94. The number of ether oxygens (including phenoxy) is 2. The Morgan fingerprint density at radius 2 is 1.95 bits per heavy atom. The van der Waals surface area contributed by atoms with E-state index in [4.69, 9.17) is 21.1 Å². The van der Waals surface area contributed by atoms with Gasteiger partial charge in [0.25, 0.3) is 0 Å². The molecule has 104 valence electrons. The molecule has 0 N–H and O–H groups in total. The molecule has 1 fully saturated rings. The van der Waals surface area contributed by atoms with Gasteiger partial charge in [0.1, 0.15) is 12.4 Å². The van der Waals surface area contributed by atoms with Gasteiger partial charge in [-0.15, -0.1) is 0 Å². The predicted octanol–water partition coefficient (Wildman–Crippen LogP) is 3.70. The van der Waals surface area contributed by atoms with Crippen LogP contribution in [0, 0.1) is 11.8 Å². The summed E-state index contributed by atoms with van der Waals surface area (Å²) in [6, 6.07) is 7.18. The number of halogens is 1. The molecule has 0 amide bonds. The Morgan fingerprint density at radius 1 is 1.32 bits per heavy atom. The SMILES string of the molecule is COC(=O)C(COc1ccc(Cl)cc1)C1CCCC1. The maximum Gasteiger partial charge on any atom is 0.312 e. The monoisotopic (exact) mass is 282 g/mol. The number of methoxy groups -OCH3 is 1. The number of carbonyl (C=O) groups excluding carboxylic acids is 1. The number of rotatable bonds is 5. The second-order valence-electron chi connectivity index (χ2n) is 4.94. The van der Waals surface area contributed by atoms with Crippen molar-refractivity contribution >= 4 is 17.6 Å². The van der Waals surface area contributed by atoms with Crippen LogP contribution >= 0.6 is 11.6 Å². The maximum atomic E-state index is 11.9. The molecule has 1 atom stereocenters. The van der Waals surface area contributed by atoms with E-state index in [0.29, 0.717) is 17.5 Å². The third-order valence-corrected chi connectivity index (χ3v) is 3.97. The van der Waals surface area contributed by atoms with E-state index in [9.17, 15) is 4.79 Å². The molecule has 0 saturated heterocycles. The van der Waals surface area contributed by atoms with Gasteiger partial charge >= 0.3 is 5.97 Å². The van der Waals surface area contributed by atoms with Crippen LogP contribution in [0.4, 0.5) is 0 Å². The summed E-state index contributed by atoms with van der Waals surface area (Å²) in [5.74, 6) is 0.792. The summed E-state index contributed by atoms with van der Waals surface area (Å²) < 4.78 is 10.6. The Hall–Kier alpha value is -1.22. The largest absolute Gasteiger partial charge is 0.493 e. The van der Waals surface area contributed by atoms with Crippen LogP contribution < -0.4 is 4.74 Å². The molecule has 0 aliphatic heterocycles. The van der Waals surface area contributed by atoms with Gasteiger partial charge in [-0.1, -0.05) is 24.4 Å². The molecular formula is C15H19ClO3. The van der Waals surface area contributed by atoms with Crippen LogP contribution in [0.1, 0.15) is 25.7 Å². The lowest BCUT2D eigenvalue weighted by Gasteiger charge is -2.21. The molecular weight excluding hydrogens is 264 g/mol. The van der Waals surface area contributed by atoms with Crippen molar-refractivity contribution in [3.05, 3.63) is 29.3 Å². The summed E-state index contributed by atoms with van der Waals surface area (Å²) >= 11 is 5.82. The van der Waals surface area contributed by atoms with Crippen LogP contribution in [0.2, 0.25) is 5.02 Å². The molecule has 0 heterocycles. The second kappa shape index (κ2) is 6.80. The number of esters is 1. The molecule has 1 saturated carbocycles. The fourth-order valence-electron chi connectivity index (χ4n) is 2.62. The Balaban J connectivity index is 1.95. The zero-order valence-corrected chi connectivity index (χ0v) is 11.9.